The maximum Gasteiger partial charge on any atom is 0.472 e. The molecule has 0 aliphatic rings. The fourth-order valence-corrected chi connectivity index (χ4v) is 17.6. The van der Waals surface area contributed by atoms with Crippen molar-refractivity contribution >= 4 is 33.6 Å². The first-order valence-corrected chi connectivity index (χ1v) is 59.4. The van der Waals surface area contributed by atoms with Crippen LogP contribution in [0.15, 0.2) is 170 Å². The maximum absolute atomic E-state index is 13.2. The van der Waals surface area contributed by atoms with E-state index in [0.29, 0.717) is 19.3 Å². The molecule has 0 aromatic heterocycles. The first-order chi connectivity index (χ1) is 67.2. The van der Waals surface area contributed by atoms with E-state index >= 15 is 0 Å². The van der Waals surface area contributed by atoms with Gasteiger partial charge in [-0.3, -0.25) is 32.5 Å². The second-order valence-corrected chi connectivity index (χ2v) is 40.7. The molecule has 4 N–H and O–H groups in total. The van der Waals surface area contributed by atoms with Crippen LogP contribution in [0.1, 0.15) is 509 Å². The van der Waals surface area contributed by atoms with Crippen LogP contribution in [0.3, 0.4) is 0 Å². The van der Waals surface area contributed by atoms with Gasteiger partial charge in [0.2, 0.25) is 0 Å². The summed E-state index contributed by atoms with van der Waals surface area (Å²) >= 11 is 0. The van der Waals surface area contributed by atoms with Crippen molar-refractivity contribution in [3.8, 4) is 0 Å². The highest BCUT2D eigenvalue weighted by atomic mass is 31.2. The van der Waals surface area contributed by atoms with Crippen LogP contribution < -0.4 is 0 Å². The normalized spacial score (nSPS) is 14.2. The molecule has 18 heteroatoms. The van der Waals surface area contributed by atoms with E-state index in [9.17, 15) is 43.5 Å². The summed E-state index contributed by atoms with van der Waals surface area (Å²) in [7, 11) is -9.82. The predicted molar refractivity (Wildman–Crippen MR) is 583 cm³/mol. The number of ether oxygens (including phenoxy) is 3. The third-order valence-electron chi connectivity index (χ3n) is 24.4. The molecule has 0 fully saturated rings. The van der Waals surface area contributed by atoms with Crippen molar-refractivity contribution in [2.24, 2.45) is 0 Å². The van der Waals surface area contributed by atoms with Gasteiger partial charge in [0.05, 0.1) is 26.4 Å². The molecule has 0 bridgehead atoms. The summed E-state index contributed by atoms with van der Waals surface area (Å²) in [6.07, 6.45) is 146. The molecule has 5 unspecified atom stereocenters. The smallest absolute Gasteiger partial charge is 0.463 e. The number of esters is 3. The number of hydrogen-bond acceptors (Lipinski definition) is 14. The van der Waals surface area contributed by atoms with Crippen LogP contribution >= 0.6 is 15.6 Å². The summed E-state index contributed by atoms with van der Waals surface area (Å²) in [5.74, 6) is -1.55. The lowest BCUT2D eigenvalue weighted by Crippen LogP contribution is -2.30. The van der Waals surface area contributed by atoms with Gasteiger partial charge in [-0.15, -0.1) is 0 Å². The topological polar surface area (TPSA) is 231 Å². The zero-order chi connectivity index (χ0) is 99.2. The van der Waals surface area contributed by atoms with E-state index in [-0.39, 0.29) is 19.3 Å². The molecule has 0 radical (unpaired) electrons. The van der Waals surface area contributed by atoms with Crippen molar-refractivity contribution in [3.05, 3.63) is 170 Å². The summed E-state index contributed by atoms with van der Waals surface area (Å²) in [5, 5.41) is 20.8. The molecule has 0 aliphatic heterocycles. The van der Waals surface area contributed by atoms with E-state index in [4.69, 9.17) is 32.3 Å². The highest BCUT2D eigenvalue weighted by Gasteiger charge is 2.30. The third kappa shape index (κ3) is 111. The van der Waals surface area contributed by atoms with Gasteiger partial charge in [-0.2, -0.15) is 0 Å². The molecule has 0 amide bonds. The fourth-order valence-electron chi connectivity index (χ4n) is 16.0. The third-order valence-corrected chi connectivity index (χ3v) is 26.3. The van der Waals surface area contributed by atoms with Crippen molar-refractivity contribution in [2.45, 2.75) is 527 Å². The Kier molecular flexibility index (Phi) is 106. The maximum atomic E-state index is 13.2. The average molecular weight is 1960 g/mol. The lowest BCUT2D eigenvalue weighted by Gasteiger charge is -2.21. The molecule has 0 spiro atoms. The Labute approximate surface area is 841 Å². The molecule has 137 heavy (non-hydrogen) atoms. The lowest BCUT2D eigenvalue weighted by molar-refractivity contribution is -0.161. The van der Waals surface area contributed by atoms with Crippen LogP contribution in [0.25, 0.3) is 0 Å². The molecule has 0 aromatic carbocycles. The molecule has 0 rings (SSSR count). The molecule has 0 aromatic rings. The van der Waals surface area contributed by atoms with E-state index in [0.717, 1.165) is 148 Å². The Hall–Kier alpha value is -5.09. The predicted octanol–water partition coefficient (Wildman–Crippen LogP) is 36.5. The second-order valence-electron chi connectivity index (χ2n) is 37.8. The van der Waals surface area contributed by atoms with Gasteiger partial charge in [0, 0.05) is 19.3 Å². The van der Waals surface area contributed by atoms with Gasteiger partial charge in [-0.05, 0) is 154 Å². The Morgan fingerprint density at radius 3 is 0.613 bits per heavy atom. The fraction of sp³-hybridized carbons (Fsp3) is 0.739. The molecular weight excluding hydrogens is 1750 g/mol. The van der Waals surface area contributed by atoms with Crippen molar-refractivity contribution in [3.63, 3.8) is 0 Å². The van der Waals surface area contributed by atoms with Gasteiger partial charge in [0.15, 0.2) is 6.10 Å². The van der Waals surface area contributed by atoms with Crippen molar-refractivity contribution in [1.29, 1.82) is 0 Å². The zero-order valence-corrected chi connectivity index (χ0v) is 89.8. The van der Waals surface area contributed by atoms with E-state index < -0.39 is 91.5 Å². The average Bonchev–Trinajstić information content (AvgIpc) is 0.896. The molecule has 0 saturated heterocycles. The minimum atomic E-state index is -4.95. The monoisotopic (exact) mass is 1960 g/mol. The molecule has 0 saturated carbocycles. The lowest BCUT2D eigenvalue weighted by atomic mass is 10.0. The highest BCUT2D eigenvalue weighted by Crippen LogP contribution is 2.45. The van der Waals surface area contributed by atoms with E-state index in [1.807, 2.05) is 0 Å². The second kappa shape index (κ2) is 110. The van der Waals surface area contributed by atoms with Crippen LogP contribution in [-0.4, -0.2) is 95.9 Å². The number of allylic oxidation sites excluding steroid dienone is 28. The number of aliphatic hydroxyl groups excluding tert-OH is 2. The van der Waals surface area contributed by atoms with Gasteiger partial charge < -0.3 is 34.2 Å². The summed E-state index contributed by atoms with van der Waals surface area (Å²) in [6, 6.07) is 0. The number of aliphatic hydroxyl groups is 2. The van der Waals surface area contributed by atoms with Crippen molar-refractivity contribution in [2.75, 3.05) is 39.6 Å². The molecule has 0 aliphatic carbocycles. The van der Waals surface area contributed by atoms with Crippen LogP contribution in [-0.2, 0) is 55.8 Å². The molecule has 0 heterocycles. The van der Waals surface area contributed by atoms with E-state index in [1.54, 1.807) is 0 Å². The zero-order valence-electron chi connectivity index (χ0n) is 88.0. The van der Waals surface area contributed by atoms with Gasteiger partial charge in [-0.25, -0.2) is 9.13 Å². The number of carbonyl (C=O) groups excluding carboxylic acids is 3. The summed E-state index contributed by atoms with van der Waals surface area (Å²) < 4.78 is 61.9. The Balaban J connectivity index is 4.58. The minimum absolute atomic E-state index is 0.105. The Morgan fingerprint density at radius 1 is 0.212 bits per heavy atom. The standard InChI is InChI=1S/C119H208O16P2/c1-4-7-10-13-16-19-22-25-28-31-34-37-40-43-46-49-52-55-56-59-61-63-66-69-72-75-78-81-84-87-90-93-96-99-102-105-117(122)129-108-114(120)109-131-136(125,126)132-110-115(121)111-133-137(127,128)134-113-116(135-119(124)107-104-101-98-95-92-89-86-83-80-77-74-71-68-65-62-58-54-51-48-45-42-39-36-33-30-27-24-21-18-15-12-9-6-3)112-130-118(123)106-103-100-97-94-91-88-85-82-79-76-73-70-67-64-60-57-53-50-47-44-41-38-35-32-29-26-23-20-17-14-11-8-5-2/h7-8,10-11,16-21,25-30,34-39,43-48,114-116,120-121H,4-6,9,12-15,22-24,31-33,40-42,49-113H2,1-3H3,(H,125,126)(H,127,128)/b10-7-,11-8-,19-16-,20-17-,21-18-,28-25-,29-26-,30-27-,37-34-,38-35-,39-36-,46-43-,47-44-,48-45-. The quantitative estimate of drug-likeness (QED) is 0.0146. The molecule has 5 atom stereocenters. The molecule has 790 valence electrons. The van der Waals surface area contributed by atoms with Crippen LogP contribution in [0.5, 0.6) is 0 Å². The van der Waals surface area contributed by atoms with E-state index in [1.165, 1.54) is 302 Å². The van der Waals surface area contributed by atoms with Crippen molar-refractivity contribution in [1.82, 2.24) is 0 Å². The number of rotatable bonds is 107. The molecule has 16 nitrogen and oxygen atoms in total. The van der Waals surface area contributed by atoms with Crippen molar-refractivity contribution < 1.29 is 75.8 Å². The summed E-state index contributed by atoms with van der Waals surface area (Å²) in [6.45, 7) is 2.54. The number of phosphoric acid groups is 2. The van der Waals surface area contributed by atoms with Crippen LogP contribution in [0, 0.1) is 0 Å². The Morgan fingerprint density at radius 2 is 0.387 bits per heavy atom. The van der Waals surface area contributed by atoms with Crippen LogP contribution in [0.2, 0.25) is 0 Å². The summed E-state index contributed by atoms with van der Waals surface area (Å²) in [4.78, 5) is 59.4. The number of unbranched alkanes of at least 4 members (excludes halogenated alkanes) is 56. The number of phosphoric ester groups is 2. The van der Waals surface area contributed by atoms with Gasteiger partial charge in [0.1, 0.15) is 25.4 Å². The van der Waals surface area contributed by atoms with Gasteiger partial charge >= 0.3 is 33.6 Å². The Bertz CT molecular complexity index is 3170. The van der Waals surface area contributed by atoms with Gasteiger partial charge in [-0.1, -0.05) is 506 Å². The SMILES string of the molecule is CC/C=C\C/C=C\C/C=C\C/C=C\C/C=C\CCCCCCCCCCCCCCCCCCCCCC(=O)OCC(O)COP(=O)(O)OCC(O)COP(=O)(O)OCC(COC(=O)CCCCCCCCCCCCCCCCCCC/C=C\C/C=C\C/C=C\C/C=C\C/C=C\CC)OC(=O)CCCCCCCCCCCCCCCCCCC/C=C\C/C=C\C/C=C\C/C=C\CCCCC. The number of hydrogen-bond donors (Lipinski definition) is 4. The first kappa shape index (κ1) is 132. The first-order valence-electron chi connectivity index (χ1n) is 56.4. The summed E-state index contributed by atoms with van der Waals surface area (Å²) in [5.41, 5.74) is 0. The minimum Gasteiger partial charge on any atom is -0.463 e. The van der Waals surface area contributed by atoms with Gasteiger partial charge in [0.25, 0.3) is 0 Å². The molecular formula is C119H208O16P2. The number of carbonyl (C=O) groups is 3. The highest BCUT2D eigenvalue weighted by molar-refractivity contribution is 7.47. The van der Waals surface area contributed by atoms with E-state index in [2.05, 4.69) is 191 Å². The largest absolute Gasteiger partial charge is 0.472 e. The van der Waals surface area contributed by atoms with Crippen LogP contribution in [0.4, 0.5) is 0 Å².